The lowest BCUT2D eigenvalue weighted by molar-refractivity contribution is -0.214. The average Bonchev–Trinajstić information content (AvgIpc) is 2.50. The van der Waals surface area contributed by atoms with Crippen LogP contribution in [0.15, 0.2) is 0 Å². The second-order valence-electron chi connectivity index (χ2n) is 5.45. The number of alkyl halides is 2. The Balaban J connectivity index is 1.73. The second-order valence-corrected chi connectivity index (χ2v) is 5.45. The van der Waals surface area contributed by atoms with Gasteiger partial charge in [-0.2, -0.15) is 0 Å². The van der Waals surface area contributed by atoms with Crippen molar-refractivity contribution in [3.05, 3.63) is 0 Å². The minimum atomic E-state index is -2.70. The highest BCUT2D eigenvalue weighted by atomic mass is 19.3. The van der Waals surface area contributed by atoms with Crippen LogP contribution in [0.2, 0.25) is 0 Å². The van der Waals surface area contributed by atoms with Crippen molar-refractivity contribution < 1.29 is 13.5 Å². The number of hydrogen-bond donors (Lipinski definition) is 1. The van der Waals surface area contributed by atoms with E-state index < -0.39 is 18.3 Å². The Morgan fingerprint density at radius 2 is 1.88 bits per heavy atom. The van der Waals surface area contributed by atoms with Gasteiger partial charge in [0.15, 0.2) is 0 Å². The van der Waals surface area contributed by atoms with Crippen molar-refractivity contribution in [2.75, 3.05) is 20.2 Å². The maximum atomic E-state index is 13.0. The molecular formula is C11H18F2N2O. The van der Waals surface area contributed by atoms with Gasteiger partial charge < -0.3 is 9.64 Å². The summed E-state index contributed by atoms with van der Waals surface area (Å²) in [5, 5.41) is 2.95. The third-order valence-electron chi connectivity index (χ3n) is 4.34. The standard InChI is InChI=1S/C11H18F2N2O/c1-15-8-2-3-9(15)5-11(4-8)14-6-10(12,13)7-16-11/h8-9,14H,2-7H2,1H3. The van der Waals surface area contributed by atoms with Gasteiger partial charge in [-0.05, 0) is 19.9 Å². The predicted molar refractivity (Wildman–Crippen MR) is 55.4 cm³/mol. The summed E-state index contributed by atoms with van der Waals surface area (Å²) in [4.78, 5) is 2.38. The van der Waals surface area contributed by atoms with Crippen LogP contribution < -0.4 is 5.32 Å². The fraction of sp³-hybridized carbons (Fsp3) is 1.00. The summed E-state index contributed by atoms with van der Waals surface area (Å²) in [6, 6.07) is 0.996. The third kappa shape index (κ3) is 1.65. The highest BCUT2D eigenvalue weighted by molar-refractivity contribution is 5.02. The van der Waals surface area contributed by atoms with E-state index in [2.05, 4.69) is 17.3 Å². The number of halogens is 2. The molecule has 5 heteroatoms. The van der Waals surface area contributed by atoms with Crippen LogP contribution in [-0.4, -0.2) is 48.8 Å². The van der Waals surface area contributed by atoms with Gasteiger partial charge in [0.05, 0.1) is 6.54 Å². The number of piperidine rings is 1. The number of ether oxygens (including phenoxy) is 1. The van der Waals surface area contributed by atoms with E-state index in [1.807, 2.05) is 0 Å². The minimum absolute atomic E-state index is 0.240. The monoisotopic (exact) mass is 232 g/mol. The largest absolute Gasteiger partial charge is 0.354 e. The molecule has 0 radical (unpaired) electrons. The maximum absolute atomic E-state index is 13.0. The molecule has 3 nitrogen and oxygen atoms in total. The van der Waals surface area contributed by atoms with Gasteiger partial charge in [0.1, 0.15) is 12.3 Å². The summed E-state index contributed by atoms with van der Waals surface area (Å²) in [5.74, 6) is -2.70. The number of fused-ring (bicyclic) bond motifs is 2. The van der Waals surface area contributed by atoms with E-state index >= 15 is 0 Å². The van der Waals surface area contributed by atoms with Gasteiger partial charge in [-0.25, -0.2) is 8.78 Å². The number of hydrogen-bond acceptors (Lipinski definition) is 3. The van der Waals surface area contributed by atoms with Crippen LogP contribution in [0.1, 0.15) is 25.7 Å². The van der Waals surface area contributed by atoms with Crippen molar-refractivity contribution >= 4 is 0 Å². The Kier molecular flexibility index (Phi) is 2.29. The first-order valence-electron chi connectivity index (χ1n) is 5.99. The Bertz CT molecular complexity index is 272. The van der Waals surface area contributed by atoms with Gasteiger partial charge in [0.2, 0.25) is 0 Å². The van der Waals surface area contributed by atoms with E-state index in [1.165, 1.54) is 12.8 Å². The van der Waals surface area contributed by atoms with Crippen LogP contribution in [0, 0.1) is 0 Å². The van der Waals surface area contributed by atoms with Gasteiger partial charge in [0, 0.05) is 24.9 Å². The Labute approximate surface area is 94.1 Å². The molecule has 0 aromatic heterocycles. The van der Waals surface area contributed by atoms with E-state index in [9.17, 15) is 8.78 Å². The van der Waals surface area contributed by atoms with Crippen LogP contribution in [0.25, 0.3) is 0 Å². The number of nitrogens with zero attached hydrogens (tertiary/aromatic N) is 1. The molecule has 92 valence electrons. The van der Waals surface area contributed by atoms with Crippen molar-refractivity contribution in [2.24, 2.45) is 0 Å². The summed E-state index contributed by atoms with van der Waals surface area (Å²) in [6.45, 7) is -0.667. The number of nitrogens with one attached hydrogen (secondary N) is 1. The zero-order valence-electron chi connectivity index (χ0n) is 9.51. The smallest absolute Gasteiger partial charge is 0.283 e. The van der Waals surface area contributed by atoms with Gasteiger partial charge in [-0.3, -0.25) is 5.32 Å². The minimum Gasteiger partial charge on any atom is -0.354 e. The van der Waals surface area contributed by atoms with Crippen LogP contribution in [0.3, 0.4) is 0 Å². The van der Waals surface area contributed by atoms with E-state index in [1.54, 1.807) is 0 Å². The topological polar surface area (TPSA) is 24.5 Å². The number of rotatable bonds is 0. The van der Waals surface area contributed by atoms with E-state index in [0.717, 1.165) is 12.8 Å². The lowest BCUT2D eigenvalue weighted by atomic mass is 9.92. The van der Waals surface area contributed by atoms with Gasteiger partial charge in [-0.15, -0.1) is 0 Å². The molecule has 0 aromatic carbocycles. The molecule has 3 rings (SSSR count). The normalized spacial score (nSPS) is 47.4. The molecule has 3 fully saturated rings. The lowest BCUT2D eigenvalue weighted by Crippen LogP contribution is -2.64. The maximum Gasteiger partial charge on any atom is 0.283 e. The molecule has 0 aromatic rings. The van der Waals surface area contributed by atoms with Crippen LogP contribution >= 0.6 is 0 Å². The molecule has 3 heterocycles. The van der Waals surface area contributed by atoms with E-state index in [4.69, 9.17) is 4.74 Å². The second kappa shape index (κ2) is 3.37. The van der Waals surface area contributed by atoms with Crippen molar-refractivity contribution in [1.29, 1.82) is 0 Å². The highest BCUT2D eigenvalue weighted by Gasteiger charge is 2.52. The summed E-state index contributed by atoms with van der Waals surface area (Å²) < 4.78 is 31.5. The fourth-order valence-electron chi connectivity index (χ4n) is 3.33. The average molecular weight is 232 g/mol. The molecule has 2 atom stereocenters. The highest BCUT2D eigenvalue weighted by Crippen LogP contribution is 2.42. The van der Waals surface area contributed by atoms with Crippen molar-refractivity contribution in [3.8, 4) is 0 Å². The third-order valence-corrected chi connectivity index (χ3v) is 4.34. The predicted octanol–water partition coefficient (Wildman–Crippen LogP) is 1.19. The molecule has 0 amide bonds. The first kappa shape index (κ1) is 10.9. The molecule has 1 N–H and O–H groups in total. The van der Waals surface area contributed by atoms with Crippen LogP contribution in [-0.2, 0) is 4.74 Å². The zero-order valence-corrected chi connectivity index (χ0v) is 9.51. The quantitative estimate of drug-likeness (QED) is 0.679. The molecule has 1 spiro atoms. The Morgan fingerprint density at radius 1 is 1.25 bits per heavy atom. The fourth-order valence-corrected chi connectivity index (χ4v) is 3.33. The van der Waals surface area contributed by atoms with E-state index in [-0.39, 0.29) is 6.54 Å². The summed E-state index contributed by atoms with van der Waals surface area (Å²) in [5.41, 5.74) is -0.472. The van der Waals surface area contributed by atoms with Gasteiger partial charge >= 0.3 is 0 Å². The molecule has 16 heavy (non-hydrogen) atoms. The SMILES string of the molecule is CN1C2CCC1CC1(C2)NCC(F)(F)CO1. The molecule has 3 aliphatic heterocycles. The summed E-state index contributed by atoms with van der Waals surface area (Å²) in [6.07, 6.45) is 4.03. The van der Waals surface area contributed by atoms with Gasteiger partial charge in [0.25, 0.3) is 5.92 Å². The summed E-state index contributed by atoms with van der Waals surface area (Å²) in [7, 11) is 2.13. The molecule has 0 saturated carbocycles. The molecule has 2 bridgehead atoms. The van der Waals surface area contributed by atoms with E-state index in [0.29, 0.717) is 12.1 Å². The van der Waals surface area contributed by atoms with Crippen LogP contribution in [0.4, 0.5) is 8.78 Å². The van der Waals surface area contributed by atoms with Gasteiger partial charge in [-0.1, -0.05) is 0 Å². The molecule has 3 saturated heterocycles. The Hall–Kier alpha value is -0.260. The van der Waals surface area contributed by atoms with Crippen molar-refractivity contribution in [3.63, 3.8) is 0 Å². The Morgan fingerprint density at radius 3 is 2.38 bits per heavy atom. The van der Waals surface area contributed by atoms with Crippen molar-refractivity contribution in [2.45, 2.75) is 49.4 Å². The van der Waals surface area contributed by atoms with Crippen molar-refractivity contribution in [1.82, 2.24) is 10.2 Å². The lowest BCUT2D eigenvalue weighted by Gasteiger charge is -2.48. The zero-order chi connectivity index (χ0) is 11.4. The molecule has 3 aliphatic rings. The molecular weight excluding hydrogens is 214 g/mol. The molecule has 2 unspecified atom stereocenters. The first-order valence-corrected chi connectivity index (χ1v) is 5.99. The summed E-state index contributed by atoms with van der Waals surface area (Å²) >= 11 is 0. The van der Waals surface area contributed by atoms with Crippen LogP contribution in [0.5, 0.6) is 0 Å². The first-order chi connectivity index (χ1) is 7.50. The molecule has 0 aliphatic carbocycles.